The number of sulfone groups is 1. The Morgan fingerprint density at radius 3 is 2.87 bits per heavy atom. The van der Waals surface area contributed by atoms with Crippen LogP contribution < -0.4 is 0 Å². The lowest BCUT2D eigenvalue weighted by Crippen LogP contribution is -2.57. The smallest absolute Gasteiger partial charge is 0.328 e. The van der Waals surface area contributed by atoms with Crippen LogP contribution in [-0.2, 0) is 19.4 Å². The van der Waals surface area contributed by atoms with Gasteiger partial charge in [-0.3, -0.25) is 4.79 Å². The summed E-state index contributed by atoms with van der Waals surface area (Å²) in [6.45, 7) is 1.25. The zero-order valence-corrected chi connectivity index (χ0v) is 12.6. The van der Waals surface area contributed by atoms with Gasteiger partial charge in [0.2, 0.25) is 5.91 Å². The van der Waals surface area contributed by atoms with E-state index in [2.05, 4.69) is 5.16 Å². The van der Waals surface area contributed by atoms with E-state index < -0.39 is 37.9 Å². The number of β-lactam (4-membered cyclic amide) rings is 1. The standard InChI is InChI=1S/C13H11N3O6S/c1-13(3-2-8-4-7(6-14)15-22-8)11(12(18)19)16-9(17)5-10(16)23(13,20)21/h2-4,10-11H,5H2,1H3,(H,18,19)/b3-2-/t10-,11+,13+/m1/s1. The Labute approximate surface area is 130 Å². The quantitative estimate of drug-likeness (QED) is 0.745. The number of nitriles is 1. The monoisotopic (exact) mass is 337 g/mol. The van der Waals surface area contributed by atoms with Crippen molar-refractivity contribution in [3.63, 3.8) is 0 Å². The maximum Gasteiger partial charge on any atom is 0.328 e. The summed E-state index contributed by atoms with van der Waals surface area (Å²) in [6, 6.07) is 1.54. The Morgan fingerprint density at radius 1 is 1.65 bits per heavy atom. The first-order chi connectivity index (χ1) is 10.7. The number of carboxylic acids is 1. The van der Waals surface area contributed by atoms with Crippen LogP contribution in [0.1, 0.15) is 24.8 Å². The van der Waals surface area contributed by atoms with Gasteiger partial charge in [-0.05, 0) is 13.0 Å². The second kappa shape index (κ2) is 4.66. The van der Waals surface area contributed by atoms with Crippen molar-refractivity contribution in [1.29, 1.82) is 5.26 Å². The number of fused-ring (bicyclic) bond motifs is 1. The minimum atomic E-state index is -3.91. The van der Waals surface area contributed by atoms with E-state index in [1.54, 1.807) is 6.07 Å². The molecule has 1 amide bonds. The SMILES string of the molecule is C[C@]1(/C=C\c2cc(C#N)no2)[C@H](C(=O)O)N2C(=O)C[C@H]2S1(=O)=O. The summed E-state index contributed by atoms with van der Waals surface area (Å²) in [5.74, 6) is -1.79. The number of carboxylic acid groups (broad SMARTS) is 1. The Kier molecular flexibility index (Phi) is 3.09. The molecule has 0 unspecified atom stereocenters. The molecule has 0 aliphatic carbocycles. The number of aromatic nitrogens is 1. The Morgan fingerprint density at radius 2 is 2.35 bits per heavy atom. The lowest BCUT2D eigenvalue weighted by atomic mass is 9.96. The van der Waals surface area contributed by atoms with Gasteiger partial charge in [-0.15, -0.1) is 0 Å². The van der Waals surface area contributed by atoms with Crippen LogP contribution in [0.5, 0.6) is 0 Å². The van der Waals surface area contributed by atoms with E-state index in [9.17, 15) is 23.1 Å². The molecule has 0 aromatic carbocycles. The molecule has 0 radical (unpaired) electrons. The van der Waals surface area contributed by atoms with Crippen LogP contribution in [0, 0.1) is 11.3 Å². The molecule has 3 heterocycles. The van der Waals surface area contributed by atoms with Gasteiger partial charge in [0.1, 0.15) is 16.2 Å². The lowest BCUT2D eigenvalue weighted by Gasteiger charge is -2.35. The molecule has 9 nitrogen and oxygen atoms in total. The Bertz CT molecular complexity index is 880. The Balaban J connectivity index is 2.04. The maximum absolute atomic E-state index is 12.6. The Hall–Kier alpha value is -2.67. The number of carbonyl (C=O) groups excluding carboxylic acids is 1. The molecule has 10 heteroatoms. The van der Waals surface area contributed by atoms with Crippen LogP contribution in [0.4, 0.5) is 0 Å². The number of rotatable bonds is 3. The zero-order chi connectivity index (χ0) is 17.0. The number of amides is 1. The van der Waals surface area contributed by atoms with E-state index in [4.69, 9.17) is 9.78 Å². The highest BCUT2D eigenvalue weighted by Crippen LogP contribution is 2.47. The molecular formula is C13H11N3O6S. The third-order valence-corrected chi connectivity index (χ3v) is 6.89. The van der Waals surface area contributed by atoms with E-state index >= 15 is 0 Å². The largest absolute Gasteiger partial charge is 0.480 e. The fourth-order valence-corrected chi connectivity index (χ4v) is 5.18. The summed E-state index contributed by atoms with van der Waals surface area (Å²) in [4.78, 5) is 24.1. The van der Waals surface area contributed by atoms with Crippen LogP contribution in [0.25, 0.3) is 6.08 Å². The van der Waals surface area contributed by atoms with Crippen LogP contribution >= 0.6 is 0 Å². The van der Waals surface area contributed by atoms with E-state index in [1.165, 1.54) is 25.1 Å². The first kappa shape index (κ1) is 15.2. The molecule has 0 spiro atoms. The van der Waals surface area contributed by atoms with Crippen molar-refractivity contribution in [2.75, 3.05) is 0 Å². The topological polar surface area (TPSA) is 142 Å². The molecule has 2 aliphatic rings. The van der Waals surface area contributed by atoms with Crippen molar-refractivity contribution < 1.29 is 27.6 Å². The van der Waals surface area contributed by atoms with Gasteiger partial charge in [0, 0.05) is 6.07 Å². The highest BCUT2D eigenvalue weighted by atomic mass is 32.2. The number of nitrogens with zero attached hydrogens (tertiary/aromatic N) is 3. The molecule has 2 saturated heterocycles. The fraction of sp³-hybridized carbons (Fsp3) is 0.385. The summed E-state index contributed by atoms with van der Waals surface area (Å²) in [5.41, 5.74) is 0.0119. The van der Waals surface area contributed by atoms with E-state index in [1.807, 2.05) is 0 Å². The average molecular weight is 337 g/mol. The average Bonchev–Trinajstić information content (AvgIpc) is 2.99. The van der Waals surface area contributed by atoms with Crippen LogP contribution in [0.15, 0.2) is 16.7 Å². The van der Waals surface area contributed by atoms with Gasteiger partial charge in [0.05, 0.1) is 6.42 Å². The molecule has 23 heavy (non-hydrogen) atoms. The van der Waals surface area contributed by atoms with Crippen LogP contribution in [0.3, 0.4) is 0 Å². The third-order valence-electron chi connectivity index (χ3n) is 4.20. The molecule has 0 saturated carbocycles. The van der Waals surface area contributed by atoms with Gasteiger partial charge < -0.3 is 14.5 Å². The normalized spacial score (nSPS) is 31.7. The predicted molar refractivity (Wildman–Crippen MR) is 74.3 cm³/mol. The van der Waals surface area contributed by atoms with Gasteiger partial charge in [-0.1, -0.05) is 11.2 Å². The summed E-state index contributed by atoms with van der Waals surface area (Å²) >= 11 is 0. The van der Waals surface area contributed by atoms with Gasteiger partial charge in [-0.2, -0.15) is 5.26 Å². The van der Waals surface area contributed by atoms with Gasteiger partial charge in [-0.25, -0.2) is 13.2 Å². The van der Waals surface area contributed by atoms with Gasteiger partial charge in [0.15, 0.2) is 27.3 Å². The number of aliphatic carboxylic acids is 1. The summed E-state index contributed by atoms with van der Waals surface area (Å²) in [5, 5.41) is 20.4. The predicted octanol–water partition coefficient (Wildman–Crippen LogP) is -0.242. The molecule has 0 bridgehead atoms. The van der Waals surface area contributed by atoms with Crippen LogP contribution in [0.2, 0.25) is 0 Å². The number of hydrogen-bond acceptors (Lipinski definition) is 7. The lowest BCUT2D eigenvalue weighted by molar-refractivity contribution is -0.157. The van der Waals surface area contributed by atoms with Crippen molar-refractivity contribution in [2.45, 2.75) is 29.5 Å². The van der Waals surface area contributed by atoms with E-state index in [-0.39, 0.29) is 17.9 Å². The highest BCUT2D eigenvalue weighted by Gasteiger charge is 2.69. The van der Waals surface area contributed by atoms with E-state index in [0.717, 1.165) is 4.90 Å². The van der Waals surface area contributed by atoms with Gasteiger partial charge in [0.25, 0.3) is 0 Å². The minimum absolute atomic E-state index is 0.0119. The number of carbonyl (C=O) groups is 2. The number of hydrogen-bond donors (Lipinski definition) is 1. The van der Waals surface area contributed by atoms with Crippen molar-refractivity contribution >= 4 is 27.8 Å². The molecule has 1 N–H and O–H groups in total. The molecule has 3 rings (SSSR count). The first-order valence-electron chi connectivity index (χ1n) is 6.56. The zero-order valence-electron chi connectivity index (χ0n) is 11.8. The van der Waals surface area contributed by atoms with Crippen molar-refractivity contribution in [1.82, 2.24) is 10.1 Å². The molecule has 2 fully saturated rings. The van der Waals surface area contributed by atoms with Crippen molar-refractivity contribution in [2.24, 2.45) is 0 Å². The third kappa shape index (κ3) is 1.90. The van der Waals surface area contributed by atoms with Gasteiger partial charge >= 0.3 is 5.97 Å². The second-order valence-electron chi connectivity index (χ2n) is 5.49. The summed E-state index contributed by atoms with van der Waals surface area (Å²) in [7, 11) is -3.91. The molecular weight excluding hydrogens is 326 g/mol. The van der Waals surface area contributed by atoms with E-state index in [0.29, 0.717) is 0 Å². The fourth-order valence-electron chi connectivity index (χ4n) is 2.91. The molecule has 2 aliphatic heterocycles. The molecule has 1 aromatic rings. The van der Waals surface area contributed by atoms with Crippen molar-refractivity contribution in [3.05, 3.63) is 23.6 Å². The highest BCUT2D eigenvalue weighted by molar-refractivity contribution is 7.94. The minimum Gasteiger partial charge on any atom is -0.480 e. The van der Waals surface area contributed by atoms with Crippen molar-refractivity contribution in [3.8, 4) is 6.07 Å². The molecule has 1 aromatic heterocycles. The van der Waals surface area contributed by atoms with Crippen LogP contribution in [-0.4, -0.2) is 51.6 Å². The molecule has 3 atom stereocenters. The first-order valence-corrected chi connectivity index (χ1v) is 8.10. The molecule has 120 valence electrons. The summed E-state index contributed by atoms with van der Waals surface area (Å²) < 4.78 is 28.3. The maximum atomic E-state index is 12.6. The summed E-state index contributed by atoms with van der Waals surface area (Å²) in [6.07, 6.45) is 2.21. The second-order valence-corrected chi connectivity index (χ2v) is 8.00.